The van der Waals surface area contributed by atoms with Gasteiger partial charge in [-0.1, -0.05) is 11.6 Å². The summed E-state index contributed by atoms with van der Waals surface area (Å²) in [6.45, 7) is 5.30. The first-order valence-corrected chi connectivity index (χ1v) is 11.2. The predicted molar refractivity (Wildman–Crippen MR) is 134 cm³/mol. The number of methoxy groups -OCH3 is 1. The van der Waals surface area contributed by atoms with Gasteiger partial charge in [0.15, 0.2) is 5.11 Å². The van der Waals surface area contributed by atoms with E-state index in [0.717, 1.165) is 5.56 Å². The molecule has 0 unspecified atom stereocenters. The number of halogens is 1. The summed E-state index contributed by atoms with van der Waals surface area (Å²) in [4.78, 5) is 40.1. The smallest absolute Gasteiger partial charge is 0.306 e. The predicted octanol–water partition coefficient (Wildman–Crippen LogP) is 4.33. The fourth-order valence-corrected chi connectivity index (χ4v) is 4.33. The highest BCUT2D eigenvalue weighted by Crippen LogP contribution is 2.39. The minimum Gasteiger partial charge on any atom is -0.469 e. The van der Waals surface area contributed by atoms with E-state index in [0.29, 0.717) is 27.6 Å². The number of amides is 2. The lowest BCUT2D eigenvalue weighted by atomic mass is 10.0. The maximum absolute atomic E-state index is 13.4. The van der Waals surface area contributed by atoms with E-state index < -0.39 is 17.4 Å². The third-order valence-electron chi connectivity index (χ3n) is 5.52. The number of hydrogen-bond acceptors (Lipinski definition) is 6. The Balaban J connectivity index is 1.92. The number of rotatable bonds is 6. The van der Waals surface area contributed by atoms with E-state index >= 15 is 0 Å². The number of carbonyl (C=O) groups excluding carboxylic acids is 3. The first-order chi connectivity index (χ1) is 16.0. The third kappa shape index (κ3) is 4.74. The van der Waals surface area contributed by atoms with Crippen LogP contribution in [0.4, 0.5) is 17.1 Å². The quantitative estimate of drug-likeness (QED) is 0.467. The summed E-state index contributed by atoms with van der Waals surface area (Å²) >= 11 is 12.0. The maximum Gasteiger partial charge on any atom is 0.306 e. The molecule has 10 heteroatoms. The van der Waals surface area contributed by atoms with Crippen molar-refractivity contribution in [3.05, 3.63) is 52.5 Å². The summed E-state index contributed by atoms with van der Waals surface area (Å²) in [5, 5.41) is 12.5. The molecular weight excluding hydrogens is 476 g/mol. The van der Waals surface area contributed by atoms with Gasteiger partial charge in [-0.3, -0.25) is 19.3 Å². The van der Waals surface area contributed by atoms with E-state index in [1.54, 1.807) is 62.1 Å². The molecule has 1 N–H and O–H groups in total. The molecule has 0 spiro atoms. The number of hydrogen-bond donors (Lipinski definition) is 1. The number of aryl methyl sites for hydroxylation is 1. The van der Waals surface area contributed by atoms with E-state index in [-0.39, 0.29) is 23.9 Å². The second-order valence-electron chi connectivity index (χ2n) is 8.22. The largest absolute Gasteiger partial charge is 0.469 e. The Kier molecular flexibility index (Phi) is 7.24. The number of ether oxygens (including phenoxy) is 1. The van der Waals surface area contributed by atoms with Crippen LogP contribution in [0.15, 0.2) is 36.4 Å². The molecule has 8 nitrogen and oxygen atoms in total. The van der Waals surface area contributed by atoms with Crippen molar-refractivity contribution < 1.29 is 19.1 Å². The lowest BCUT2D eigenvalue weighted by molar-refractivity contribution is -0.141. The zero-order valence-corrected chi connectivity index (χ0v) is 20.7. The Hall–Kier alpha value is -3.48. The van der Waals surface area contributed by atoms with Gasteiger partial charge in [0.1, 0.15) is 5.54 Å². The zero-order chi connectivity index (χ0) is 25.2. The molecule has 34 heavy (non-hydrogen) atoms. The molecule has 3 rings (SSSR count). The molecule has 0 aromatic heterocycles. The number of anilines is 3. The van der Waals surface area contributed by atoms with Crippen LogP contribution in [-0.2, 0) is 19.1 Å². The minimum absolute atomic E-state index is 0.0592. The minimum atomic E-state index is -1.03. The molecular formula is C24H23ClN4O4S. The van der Waals surface area contributed by atoms with Crippen LogP contribution in [0, 0.1) is 18.3 Å². The number of nitriles is 1. The van der Waals surface area contributed by atoms with Crippen molar-refractivity contribution >= 4 is 63.8 Å². The van der Waals surface area contributed by atoms with Crippen molar-refractivity contribution in [3.8, 4) is 6.07 Å². The number of thiocarbonyl (C=S) groups is 1. The number of nitrogens with zero attached hydrogens (tertiary/aromatic N) is 3. The number of nitrogens with one attached hydrogen (secondary N) is 1. The number of esters is 1. The van der Waals surface area contributed by atoms with Gasteiger partial charge in [-0.05, 0) is 75.0 Å². The molecule has 1 heterocycles. The van der Waals surface area contributed by atoms with Crippen LogP contribution in [-0.4, -0.2) is 35.5 Å². The molecule has 176 valence electrons. The molecule has 1 saturated heterocycles. The molecule has 0 aliphatic carbocycles. The Bertz CT molecular complexity index is 1240. The first kappa shape index (κ1) is 25.1. The summed E-state index contributed by atoms with van der Waals surface area (Å²) in [6, 6.07) is 12.1. The molecule has 2 aromatic rings. The lowest BCUT2D eigenvalue weighted by Crippen LogP contribution is -2.44. The molecule has 0 saturated carbocycles. The van der Waals surface area contributed by atoms with Crippen LogP contribution in [0.2, 0.25) is 5.02 Å². The molecule has 1 aliphatic rings. The van der Waals surface area contributed by atoms with Gasteiger partial charge in [0.25, 0.3) is 5.91 Å². The number of carbonyl (C=O) groups is 3. The summed E-state index contributed by atoms with van der Waals surface area (Å²) in [5.41, 5.74) is 1.67. The summed E-state index contributed by atoms with van der Waals surface area (Å²) in [7, 11) is 1.26. The van der Waals surface area contributed by atoms with E-state index in [4.69, 9.17) is 23.8 Å². The average molecular weight is 499 g/mol. The Morgan fingerprint density at radius 3 is 2.47 bits per heavy atom. The van der Waals surface area contributed by atoms with E-state index in [1.807, 2.05) is 0 Å². The maximum atomic E-state index is 13.4. The Morgan fingerprint density at radius 2 is 1.85 bits per heavy atom. The Labute approximate surface area is 208 Å². The van der Waals surface area contributed by atoms with Crippen LogP contribution >= 0.6 is 23.8 Å². The van der Waals surface area contributed by atoms with Crippen molar-refractivity contribution in [2.24, 2.45) is 0 Å². The third-order valence-corrected chi connectivity index (χ3v) is 6.22. The van der Waals surface area contributed by atoms with Crippen LogP contribution in [0.25, 0.3) is 0 Å². The highest BCUT2D eigenvalue weighted by atomic mass is 35.5. The van der Waals surface area contributed by atoms with Gasteiger partial charge < -0.3 is 15.0 Å². The van der Waals surface area contributed by atoms with Crippen molar-refractivity contribution in [1.82, 2.24) is 0 Å². The molecule has 0 radical (unpaired) electrons. The van der Waals surface area contributed by atoms with Crippen molar-refractivity contribution in [3.63, 3.8) is 0 Å². The van der Waals surface area contributed by atoms with Gasteiger partial charge in [-0.25, -0.2) is 0 Å². The molecule has 1 fully saturated rings. The fraction of sp³-hybridized carbons (Fsp3) is 0.292. The van der Waals surface area contributed by atoms with Gasteiger partial charge in [0.2, 0.25) is 5.91 Å². The van der Waals surface area contributed by atoms with Gasteiger partial charge >= 0.3 is 5.97 Å². The molecule has 2 amide bonds. The van der Waals surface area contributed by atoms with Crippen LogP contribution < -0.4 is 15.1 Å². The molecule has 2 aromatic carbocycles. The Morgan fingerprint density at radius 1 is 1.18 bits per heavy atom. The molecule has 0 atom stereocenters. The summed E-state index contributed by atoms with van der Waals surface area (Å²) in [5.74, 6) is -1.13. The highest BCUT2D eigenvalue weighted by Gasteiger charge is 2.50. The first-order valence-electron chi connectivity index (χ1n) is 10.4. The summed E-state index contributed by atoms with van der Waals surface area (Å²) in [6.07, 6.45) is -0.124. The fourth-order valence-electron chi connectivity index (χ4n) is 3.65. The van der Waals surface area contributed by atoms with Gasteiger partial charge in [-0.15, -0.1) is 0 Å². The molecule has 1 aliphatic heterocycles. The van der Waals surface area contributed by atoms with Crippen LogP contribution in [0.1, 0.15) is 37.8 Å². The number of benzene rings is 2. The lowest BCUT2D eigenvalue weighted by Gasteiger charge is -2.30. The van der Waals surface area contributed by atoms with E-state index in [9.17, 15) is 19.6 Å². The zero-order valence-electron chi connectivity index (χ0n) is 19.1. The van der Waals surface area contributed by atoms with Crippen molar-refractivity contribution in [2.75, 3.05) is 22.2 Å². The second kappa shape index (κ2) is 9.79. The monoisotopic (exact) mass is 498 g/mol. The normalized spacial score (nSPS) is 14.7. The van der Waals surface area contributed by atoms with E-state index in [1.165, 1.54) is 12.0 Å². The van der Waals surface area contributed by atoms with E-state index in [2.05, 4.69) is 16.1 Å². The van der Waals surface area contributed by atoms with Gasteiger partial charge in [-0.2, -0.15) is 5.26 Å². The van der Waals surface area contributed by atoms with Crippen molar-refractivity contribution in [1.29, 1.82) is 5.26 Å². The SMILES string of the molecule is COC(=O)CCC(=O)Nc1cc(N2C(=S)N(c3ccc(C#N)c(C)c3)C(=O)C2(C)C)ccc1Cl. The van der Waals surface area contributed by atoms with Gasteiger partial charge in [0.05, 0.1) is 41.6 Å². The van der Waals surface area contributed by atoms with Crippen LogP contribution in [0.3, 0.4) is 0 Å². The highest BCUT2D eigenvalue weighted by molar-refractivity contribution is 7.81. The second-order valence-corrected chi connectivity index (χ2v) is 8.99. The standard InChI is InChI=1S/C24H23ClN4O4S/c1-14-11-16(6-5-15(14)13-26)28-22(32)24(2,3)29(23(28)34)17-7-8-18(25)19(12-17)27-20(30)9-10-21(31)33-4/h5-8,11-12H,9-10H2,1-4H3,(H,27,30). The van der Waals surface area contributed by atoms with Gasteiger partial charge in [0, 0.05) is 12.1 Å². The summed E-state index contributed by atoms with van der Waals surface area (Å²) < 4.78 is 4.55. The van der Waals surface area contributed by atoms with Crippen molar-refractivity contribution in [2.45, 2.75) is 39.2 Å². The van der Waals surface area contributed by atoms with Crippen LogP contribution in [0.5, 0.6) is 0 Å². The molecule has 0 bridgehead atoms. The average Bonchev–Trinajstić information content (AvgIpc) is 2.97. The topological polar surface area (TPSA) is 103 Å².